The molecule has 3 N–H and O–H groups in total. The van der Waals surface area contributed by atoms with Gasteiger partial charge in [-0.05, 0) is 41.8 Å². The average Bonchev–Trinajstić information content (AvgIpc) is 2.43. The molecule has 0 unspecified atom stereocenters. The molecule has 0 radical (unpaired) electrons. The van der Waals surface area contributed by atoms with E-state index in [0.717, 1.165) is 23.2 Å². The number of anilines is 2. The summed E-state index contributed by atoms with van der Waals surface area (Å²) >= 11 is 0. The van der Waals surface area contributed by atoms with Crippen LogP contribution in [0.5, 0.6) is 0 Å². The second-order valence-corrected chi connectivity index (χ2v) is 4.26. The minimum atomic E-state index is -1.07. The van der Waals surface area contributed by atoms with Crippen molar-refractivity contribution in [1.82, 2.24) is 0 Å². The lowest BCUT2D eigenvalue weighted by Gasteiger charge is -2.05. The summed E-state index contributed by atoms with van der Waals surface area (Å²) in [7, 11) is 0. The maximum atomic E-state index is 10.5. The van der Waals surface area contributed by atoms with Crippen LogP contribution in [0.4, 0.5) is 16.2 Å². The Morgan fingerprint density at radius 2 is 1.45 bits per heavy atom. The first-order valence-electron chi connectivity index (χ1n) is 6.05. The van der Waals surface area contributed by atoms with E-state index in [2.05, 4.69) is 10.6 Å². The lowest BCUT2D eigenvalue weighted by molar-refractivity contribution is -0.105. The maximum absolute atomic E-state index is 10.5. The summed E-state index contributed by atoms with van der Waals surface area (Å²) in [4.78, 5) is 20.8. The molecule has 2 aromatic rings. The van der Waals surface area contributed by atoms with Crippen LogP contribution in [0.25, 0.3) is 0 Å². The maximum Gasteiger partial charge on any atom is 0.409 e. The van der Waals surface area contributed by atoms with Crippen molar-refractivity contribution in [3.05, 3.63) is 59.7 Å². The van der Waals surface area contributed by atoms with E-state index >= 15 is 0 Å². The number of nitrogens with one attached hydrogen (secondary N) is 2. The van der Waals surface area contributed by atoms with Crippen LogP contribution in [0.3, 0.4) is 0 Å². The van der Waals surface area contributed by atoms with Crippen LogP contribution >= 0.6 is 0 Å². The van der Waals surface area contributed by atoms with E-state index in [-0.39, 0.29) is 0 Å². The number of rotatable bonds is 5. The Morgan fingerprint density at radius 3 is 1.90 bits per heavy atom. The molecule has 0 saturated carbocycles. The van der Waals surface area contributed by atoms with Gasteiger partial charge in [-0.1, -0.05) is 24.3 Å². The van der Waals surface area contributed by atoms with Crippen LogP contribution < -0.4 is 10.6 Å². The Morgan fingerprint density at radius 1 is 0.950 bits per heavy atom. The van der Waals surface area contributed by atoms with Crippen LogP contribution in [0.1, 0.15) is 11.1 Å². The normalized spacial score (nSPS) is 9.80. The summed E-state index contributed by atoms with van der Waals surface area (Å²) in [6.07, 6.45) is 0.314. The van der Waals surface area contributed by atoms with E-state index in [4.69, 9.17) is 5.11 Å². The van der Waals surface area contributed by atoms with Crippen LogP contribution in [0, 0.1) is 0 Å². The minimum absolute atomic E-state index is 0.548. The molecule has 5 heteroatoms. The topological polar surface area (TPSA) is 78.4 Å². The van der Waals surface area contributed by atoms with E-state index in [1.807, 2.05) is 36.4 Å². The van der Waals surface area contributed by atoms with Crippen LogP contribution in [0.2, 0.25) is 0 Å². The summed E-state index contributed by atoms with van der Waals surface area (Å²) in [6, 6.07) is 14.8. The van der Waals surface area contributed by atoms with Crippen molar-refractivity contribution in [3.63, 3.8) is 0 Å². The first-order chi connectivity index (χ1) is 9.67. The van der Waals surface area contributed by atoms with Crippen LogP contribution in [-0.4, -0.2) is 17.6 Å². The van der Waals surface area contributed by atoms with E-state index in [0.29, 0.717) is 12.1 Å². The number of amides is 2. The van der Waals surface area contributed by atoms with Crippen molar-refractivity contribution < 1.29 is 14.7 Å². The lowest BCUT2D eigenvalue weighted by Crippen LogP contribution is -2.06. The fraction of sp³-hybridized carbons (Fsp3) is 0.0667. The molecule has 20 heavy (non-hydrogen) atoms. The average molecular weight is 270 g/mol. The SMILES string of the molecule is O=CNc1ccc(Cc2ccc(NC(=O)O)cc2)cc1. The van der Waals surface area contributed by atoms with E-state index in [1.165, 1.54) is 0 Å². The van der Waals surface area contributed by atoms with Gasteiger partial charge in [-0.15, -0.1) is 0 Å². The monoisotopic (exact) mass is 270 g/mol. The Labute approximate surface area is 116 Å². The van der Waals surface area contributed by atoms with Gasteiger partial charge in [0.25, 0.3) is 0 Å². The Balaban J connectivity index is 2.02. The van der Waals surface area contributed by atoms with Gasteiger partial charge in [-0.25, -0.2) is 4.79 Å². The number of hydrogen-bond donors (Lipinski definition) is 3. The van der Waals surface area contributed by atoms with E-state index in [9.17, 15) is 9.59 Å². The van der Waals surface area contributed by atoms with Crippen molar-refractivity contribution in [2.24, 2.45) is 0 Å². The number of hydrogen-bond acceptors (Lipinski definition) is 2. The summed E-state index contributed by atoms with van der Waals surface area (Å²) in [5.41, 5.74) is 3.49. The fourth-order valence-corrected chi connectivity index (χ4v) is 1.85. The summed E-state index contributed by atoms with van der Waals surface area (Å²) in [6.45, 7) is 0. The van der Waals surface area contributed by atoms with Gasteiger partial charge in [0.1, 0.15) is 0 Å². The molecule has 0 aromatic heterocycles. The first-order valence-corrected chi connectivity index (χ1v) is 6.05. The second-order valence-electron chi connectivity index (χ2n) is 4.26. The van der Waals surface area contributed by atoms with Crippen molar-refractivity contribution in [3.8, 4) is 0 Å². The van der Waals surface area contributed by atoms with Gasteiger partial charge < -0.3 is 10.4 Å². The standard InChI is InChI=1S/C15H14N2O3/c18-10-16-13-5-1-11(2-6-13)9-12-3-7-14(8-4-12)17-15(19)20/h1-8,10,17H,9H2,(H,16,18)(H,19,20). The molecule has 0 spiro atoms. The van der Waals surface area contributed by atoms with Gasteiger partial charge in [0, 0.05) is 11.4 Å². The third kappa shape index (κ3) is 3.84. The third-order valence-electron chi connectivity index (χ3n) is 2.79. The van der Waals surface area contributed by atoms with Gasteiger partial charge in [0.05, 0.1) is 0 Å². The number of carbonyl (C=O) groups excluding carboxylic acids is 1. The van der Waals surface area contributed by atoms with Crippen LogP contribution in [0.15, 0.2) is 48.5 Å². The molecule has 0 saturated heterocycles. The number of benzene rings is 2. The Hall–Kier alpha value is -2.82. The lowest BCUT2D eigenvalue weighted by atomic mass is 10.0. The summed E-state index contributed by atoms with van der Waals surface area (Å²) in [5.74, 6) is 0. The Kier molecular flexibility index (Phi) is 4.34. The summed E-state index contributed by atoms with van der Waals surface area (Å²) < 4.78 is 0. The highest BCUT2D eigenvalue weighted by atomic mass is 16.4. The molecule has 0 bridgehead atoms. The highest BCUT2D eigenvalue weighted by Gasteiger charge is 2.00. The third-order valence-corrected chi connectivity index (χ3v) is 2.79. The smallest absolute Gasteiger partial charge is 0.409 e. The van der Waals surface area contributed by atoms with Crippen LogP contribution in [-0.2, 0) is 11.2 Å². The summed E-state index contributed by atoms with van der Waals surface area (Å²) in [5, 5.41) is 13.5. The number of carboxylic acid groups (broad SMARTS) is 1. The molecule has 2 rings (SSSR count). The highest BCUT2D eigenvalue weighted by molar-refractivity contribution is 5.82. The van der Waals surface area contributed by atoms with E-state index in [1.54, 1.807) is 12.1 Å². The van der Waals surface area contributed by atoms with Crippen molar-refractivity contribution >= 4 is 23.9 Å². The Bertz CT molecular complexity index is 592. The molecule has 0 heterocycles. The van der Waals surface area contributed by atoms with Gasteiger partial charge in [0.15, 0.2) is 0 Å². The van der Waals surface area contributed by atoms with E-state index < -0.39 is 6.09 Å². The molecular weight excluding hydrogens is 256 g/mol. The molecule has 0 aliphatic heterocycles. The first kappa shape index (κ1) is 13.6. The number of carbonyl (C=O) groups is 2. The molecule has 0 atom stereocenters. The van der Waals surface area contributed by atoms with Crippen molar-refractivity contribution in [2.45, 2.75) is 6.42 Å². The predicted octanol–water partition coefficient (Wildman–Crippen LogP) is 2.94. The molecule has 0 fully saturated rings. The molecule has 102 valence electrons. The molecule has 0 aliphatic carbocycles. The molecule has 2 amide bonds. The van der Waals surface area contributed by atoms with Gasteiger partial charge >= 0.3 is 6.09 Å². The molecule has 2 aromatic carbocycles. The van der Waals surface area contributed by atoms with Crippen molar-refractivity contribution in [2.75, 3.05) is 10.6 Å². The van der Waals surface area contributed by atoms with Gasteiger partial charge in [-0.3, -0.25) is 10.1 Å². The molecule has 0 aliphatic rings. The zero-order chi connectivity index (χ0) is 14.4. The van der Waals surface area contributed by atoms with Crippen molar-refractivity contribution in [1.29, 1.82) is 0 Å². The molecule has 5 nitrogen and oxygen atoms in total. The zero-order valence-electron chi connectivity index (χ0n) is 10.7. The van der Waals surface area contributed by atoms with Gasteiger partial charge in [-0.2, -0.15) is 0 Å². The molecular formula is C15H14N2O3. The van der Waals surface area contributed by atoms with Gasteiger partial charge in [0.2, 0.25) is 6.41 Å². The largest absolute Gasteiger partial charge is 0.465 e. The minimum Gasteiger partial charge on any atom is -0.465 e. The quantitative estimate of drug-likeness (QED) is 0.731. The fourth-order valence-electron chi connectivity index (χ4n) is 1.85. The highest BCUT2D eigenvalue weighted by Crippen LogP contribution is 2.15. The second kappa shape index (κ2) is 6.38. The predicted molar refractivity (Wildman–Crippen MR) is 77.0 cm³/mol. The zero-order valence-corrected chi connectivity index (χ0v) is 10.7.